The van der Waals surface area contributed by atoms with Crippen LogP contribution < -0.4 is 4.90 Å². The quantitative estimate of drug-likeness (QED) is 0.718. The standard InChI is InChI=1S/C18H17FN4O2/c1-12-6-7-15-16(20-12)21-18(25-15)23-10-8-22(9-11-23)17(24)13-4-2-3-5-14(13)19/h2-7H,8-11H2,1H3. The van der Waals surface area contributed by atoms with Gasteiger partial charge < -0.3 is 14.2 Å². The molecule has 0 aliphatic carbocycles. The number of aromatic nitrogens is 2. The van der Waals surface area contributed by atoms with Crippen LogP contribution in [0.3, 0.4) is 0 Å². The fraction of sp³-hybridized carbons (Fsp3) is 0.278. The number of fused-ring (bicyclic) bond motifs is 1. The van der Waals surface area contributed by atoms with Gasteiger partial charge >= 0.3 is 0 Å². The van der Waals surface area contributed by atoms with Crippen molar-refractivity contribution in [3.8, 4) is 0 Å². The Kier molecular flexibility index (Phi) is 3.83. The number of carbonyl (C=O) groups is 1. The SMILES string of the molecule is Cc1ccc2oc(N3CCN(C(=O)c4ccccc4F)CC3)nc2n1. The van der Waals surface area contributed by atoms with E-state index in [1.165, 1.54) is 12.1 Å². The smallest absolute Gasteiger partial charge is 0.300 e. The summed E-state index contributed by atoms with van der Waals surface area (Å²) in [7, 11) is 0. The zero-order valence-electron chi connectivity index (χ0n) is 13.8. The number of benzene rings is 1. The van der Waals surface area contributed by atoms with Gasteiger partial charge in [-0.2, -0.15) is 4.98 Å². The van der Waals surface area contributed by atoms with Crippen LogP contribution >= 0.6 is 0 Å². The third-order valence-electron chi connectivity index (χ3n) is 4.32. The minimum atomic E-state index is -0.490. The average Bonchev–Trinajstić information content (AvgIpc) is 3.05. The number of aryl methyl sites for hydroxylation is 1. The van der Waals surface area contributed by atoms with Crippen LogP contribution in [0.1, 0.15) is 16.1 Å². The molecule has 0 N–H and O–H groups in total. The van der Waals surface area contributed by atoms with Crippen molar-refractivity contribution in [2.45, 2.75) is 6.92 Å². The second-order valence-electron chi connectivity index (χ2n) is 6.03. The molecule has 1 aliphatic heterocycles. The third kappa shape index (κ3) is 2.93. The molecule has 1 fully saturated rings. The summed E-state index contributed by atoms with van der Waals surface area (Å²) in [5, 5.41) is 0. The summed E-state index contributed by atoms with van der Waals surface area (Å²) in [6, 6.07) is 10.3. The summed E-state index contributed by atoms with van der Waals surface area (Å²) in [4.78, 5) is 24.9. The first-order valence-corrected chi connectivity index (χ1v) is 8.15. The van der Waals surface area contributed by atoms with E-state index in [0.717, 1.165) is 5.69 Å². The Labute approximate surface area is 143 Å². The molecule has 0 atom stereocenters. The molecule has 4 rings (SSSR count). The number of nitrogens with zero attached hydrogens (tertiary/aromatic N) is 4. The van der Waals surface area contributed by atoms with E-state index in [9.17, 15) is 9.18 Å². The van der Waals surface area contributed by atoms with Gasteiger partial charge in [-0.25, -0.2) is 9.37 Å². The number of carbonyl (C=O) groups excluding carboxylic acids is 1. The van der Waals surface area contributed by atoms with Crippen LogP contribution in [0.25, 0.3) is 11.2 Å². The first-order chi connectivity index (χ1) is 12.1. The summed E-state index contributed by atoms with van der Waals surface area (Å²) in [6.45, 7) is 4.02. The third-order valence-corrected chi connectivity index (χ3v) is 4.32. The van der Waals surface area contributed by atoms with E-state index >= 15 is 0 Å². The highest BCUT2D eigenvalue weighted by Gasteiger charge is 2.26. The maximum Gasteiger partial charge on any atom is 0.300 e. The number of pyridine rings is 1. The van der Waals surface area contributed by atoms with Crippen molar-refractivity contribution >= 4 is 23.2 Å². The van der Waals surface area contributed by atoms with Crippen LogP contribution in [0.4, 0.5) is 10.4 Å². The lowest BCUT2D eigenvalue weighted by molar-refractivity contribution is 0.0740. The number of piperazine rings is 1. The number of oxazole rings is 1. The van der Waals surface area contributed by atoms with Gasteiger partial charge in [0.1, 0.15) is 5.82 Å². The normalized spacial score (nSPS) is 15.0. The predicted molar refractivity (Wildman–Crippen MR) is 91.1 cm³/mol. The van der Waals surface area contributed by atoms with Crippen LogP contribution in [-0.4, -0.2) is 47.0 Å². The van der Waals surface area contributed by atoms with Crippen LogP contribution in [0, 0.1) is 12.7 Å². The van der Waals surface area contributed by atoms with E-state index in [2.05, 4.69) is 9.97 Å². The van der Waals surface area contributed by atoms with Gasteiger partial charge in [-0.3, -0.25) is 4.79 Å². The van der Waals surface area contributed by atoms with Crippen molar-refractivity contribution in [3.05, 3.63) is 53.5 Å². The number of amides is 1. The Morgan fingerprint density at radius 2 is 1.84 bits per heavy atom. The van der Waals surface area contributed by atoms with E-state index in [1.54, 1.807) is 17.0 Å². The molecule has 7 heteroatoms. The summed E-state index contributed by atoms with van der Waals surface area (Å²) in [5.74, 6) is -0.775. The highest BCUT2D eigenvalue weighted by molar-refractivity contribution is 5.94. The molecule has 25 heavy (non-hydrogen) atoms. The molecular formula is C18H17FN4O2. The molecule has 1 saturated heterocycles. The zero-order chi connectivity index (χ0) is 17.4. The van der Waals surface area contributed by atoms with Crippen molar-refractivity contribution < 1.29 is 13.6 Å². The molecule has 0 spiro atoms. The first kappa shape index (κ1) is 15.6. The summed E-state index contributed by atoms with van der Waals surface area (Å²) in [6.07, 6.45) is 0. The molecule has 1 aliphatic rings. The predicted octanol–water partition coefficient (Wildman–Crippen LogP) is 2.63. The van der Waals surface area contributed by atoms with E-state index in [0.29, 0.717) is 43.4 Å². The van der Waals surface area contributed by atoms with Crippen molar-refractivity contribution in [3.63, 3.8) is 0 Å². The van der Waals surface area contributed by atoms with E-state index < -0.39 is 5.82 Å². The average molecular weight is 340 g/mol. The minimum Gasteiger partial charge on any atom is -0.422 e. The number of anilines is 1. The Bertz CT molecular complexity index is 932. The van der Waals surface area contributed by atoms with E-state index in [-0.39, 0.29) is 11.5 Å². The lowest BCUT2D eigenvalue weighted by Crippen LogP contribution is -2.49. The largest absolute Gasteiger partial charge is 0.422 e. The lowest BCUT2D eigenvalue weighted by atomic mass is 10.1. The van der Waals surface area contributed by atoms with E-state index in [4.69, 9.17) is 4.42 Å². The second-order valence-corrected chi connectivity index (χ2v) is 6.03. The molecule has 6 nitrogen and oxygen atoms in total. The van der Waals surface area contributed by atoms with Gasteiger partial charge in [0.15, 0.2) is 5.58 Å². The molecule has 128 valence electrons. The first-order valence-electron chi connectivity index (χ1n) is 8.15. The molecule has 0 bridgehead atoms. The molecule has 3 heterocycles. The van der Waals surface area contributed by atoms with E-state index in [1.807, 2.05) is 24.0 Å². The second kappa shape index (κ2) is 6.16. The van der Waals surface area contributed by atoms with Crippen molar-refractivity contribution in [1.82, 2.24) is 14.9 Å². The van der Waals surface area contributed by atoms with Crippen LogP contribution in [0.5, 0.6) is 0 Å². The van der Waals surface area contributed by atoms with Crippen LogP contribution in [0.2, 0.25) is 0 Å². The summed E-state index contributed by atoms with van der Waals surface area (Å²) >= 11 is 0. The van der Waals surface area contributed by atoms with Crippen molar-refractivity contribution in [2.24, 2.45) is 0 Å². The van der Waals surface area contributed by atoms with Gasteiger partial charge in [0.25, 0.3) is 11.9 Å². The summed E-state index contributed by atoms with van der Waals surface area (Å²) in [5.41, 5.74) is 2.22. The van der Waals surface area contributed by atoms with Crippen molar-refractivity contribution in [1.29, 1.82) is 0 Å². The van der Waals surface area contributed by atoms with Gasteiger partial charge in [0.2, 0.25) is 5.65 Å². The van der Waals surface area contributed by atoms with Gasteiger partial charge in [-0.1, -0.05) is 12.1 Å². The number of rotatable bonds is 2. The fourth-order valence-corrected chi connectivity index (χ4v) is 2.94. The van der Waals surface area contributed by atoms with Crippen LogP contribution in [-0.2, 0) is 0 Å². The minimum absolute atomic E-state index is 0.109. The van der Waals surface area contributed by atoms with Gasteiger partial charge in [0, 0.05) is 31.9 Å². The Hall–Kier alpha value is -2.96. The molecule has 3 aromatic rings. The molecule has 1 aromatic carbocycles. The fourth-order valence-electron chi connectivity index (χ4n) is 2.94. The highest BCUT2D eigenvalue weighted by Crippen LogP contribution is 2.22. The summed E-state index contributed by atoms with van der Waals surface area (Å²) < 4.78 is 19.5. The Morgan fingerprint density at radius 3 is 2.60 bits per heavy atom. The Morgan fingerprint density at radius 1 is 1.08 bits per heavy atom. The number of hydrogen-bond acceptors (Lipinski definition) is 5. The molecule has 0 unspecified atom stereocenters. The monoisotopic (exact) mass is 340 g/mol. The van der Waals surface area contributed by atoms with Crippen molar-refractivity contribution in [2.75, 3.05) is 31.1 Å². The maximum atomic E-state index is 13.8. The molecule has 2 aromatic heterocycles. The zero-order valence-corrected chi connectivity index (χ0v) is 13.8. The Balaban J connectivity index is 1.47. The highest BCUT2D eigenvalue weighted by atomic mass is 19.1. The molecule has 1 amide bonds. The lowest BCUT2D eigenvalue weighted by Gasteiger charge is -2.33. The maximum absolute atomic E-state index is 13.8. The van der Waals surface area contributed by atoms with Gasteiger partial charge in [-0.15, -0.1) is 0 Å². The number of hydrogen-bond donors (Lipinski definition) is 0. The topological polar surface area (TPSA) is 62.5 Å². The van der Waals surface area contributed by atoms with Crippen LogP contribution in [0.15, 0.2) is 40.8 Å². The molecule has 0 radical (unpaired) electrons. The molecular weight excluding hydrogens is 323 g/mol. The number of halogens is 1. The van der Waals surface area contributed by atoms with Gasteiger partial charge in [-0.05, 0) is 31.2 Å². The van der Waals surface area contributed by atoms with Gasteiger partial charge in [0.05, 0.1) is 5.56 Å². The molecule has 0 saturated carbocycles.